The standard InChI is InChI=1S/C20H18Cl4F3N3O2/c21-15-9-14(31-8-3-17(23)24)10-16(22)19(15)32-12-29-4-6-30(7-5-29)18-2-1-13(11-28-18)20(25,26)27/h1-3,9-11H,4-8,12H2. The van der Waals surface area contributed by atoms with E-state index in [4.69, 9.17) is 55.9 Å². The van der Waals surface area contributed by atoms with Crippen LogP contribution in [0.5, 0.6) is 11.5 Å². The van der Waals surface area contributed by atoms with Crippen molar-refractivity contribution < 1.29 is 22.6 Å². The molecule has 1 aliphatic rings. The molecule has 0 amide bonds. The Labute approximate surface area is 203 Å². The second-order valence-electron chi connectivity index (χ2n) is 6.80. The van der Waals surface area contributed by atoms with Crippen molar-refractivity contribution in [1.82, 2.24) is 9.88 Å². The van der Waals surface area contributed by atoms with Crippen molar-refractivity contribution in [3.63, 3.8) is 0 Å². The van der Waals surface area contributed by atoms with Crippen molar-refractivity contribution in [1.29, 1.82) is 0 Å². The molecule has 1 aliphatic heterocycles. The predicted octanol–water partition coefficient (Wildman–Crippen LogP) is 6.26. The highest BCUT2D eigenvalue weighted by molar-refractivity contribution is 6.55. The first-order valence-corrected chi connectivity index (χ1v) is 10.9. The highest BCUT2D eigenvalue weighted by Crippen LogP contribution is 2.37. The number of aromatic nitrogens is 1. The number of hydrogen-bond donors (Lipinski definition) is 0. The van der Waals surface area contributed by atoms with Gasteiger partial charge in [-0.15, -0.1) is 0 Å². The van der Waals surface area contributed by atoms with E-state index in [9.17, 15) is 13.2 Å². The van der Waals surface area contributed by atoms with Crippen LogP contribution in [0.25, 0.3) is 0 Å². The summed E-state index contributed by atoms with van der Waals surface area (Å²) < 4.78 is 49.4. The molecule has 0 unspecified atom stereocenters. The van der Waals surface area contributed by atoms with Crippen molar-refractivity contribution in [2.24, 2.45) is 0 Å². The number of piperazine rings is 1. The average Bonchev–Trinajstić information content (AvgIpc) is 2.73. The van der Waals surface area contributed by atoms with Crippen LogP contribution in [0.1, 0.15) is 5.56 Å². The Balaban J connectivity index is 1.51. The van der Waals surface area contributed by atoms with Crippen LogP contribution < -0.4 is 14.4 Å². The third kappa shape index (κ3) is 6.96. The number of halogens is 7. The summed E-state index contributed by atoms with van der Waals surface area (Å²) in [6.45, 7) is 2.85. The Bertz CT molecular complexity index is 923. The number of hydrogen-bond acceptors (Lipinski definition) is 5. The highest BCUT2D eigenvalue weighted by Gasteiger charge is 2.31. The summed E-state index contributed by atoms with van der Waals surface area (Å²) in [5.41, 5.74) is -0.766. The zero-order valence-corrected chi connectivity index (χ0v) is 19.5. The van der Waals surface area contributed by atoms with Gasteiger partial charge in [0.2, 0.25) is 0 Å². The monoisotopic (exact) mass is 529 g/mol. The Morgan fingerprint density at radius 3 is 2.22 bits per heavy atom. The number of alkyl halides is 3. The van der Waals surface area contributed by atoms with Crippen molar-refractivity contribution in [3.8, 4) is 11.5 Å². The summed E-state index contributed by atoms with van der Waals surface area (Å²) in [6, 6.07) is 5.57. The topological polar surface area (TPSA) is 37.8 Å². The van der Waals surface area contributed by atoms with Gasteiger partial charge in [0.25, 0.3) is 0 Å². The molecule has 12 heteroatoms. The first-order valence-electron chi connectivity index (χ1n) is 9.40. The summed E-state index contributed by atoms with van der Waals surface area (Å²) in [5, 5.41) is 0.585. The number of nitrogens with zero attached hydrogens (tertiary/aromatic N) is 3. The molecule has 0 spiro atoms. The fourth-order valence-corrected chi connectivity index (χ4v) is 3.66. The summed E-state index contributed by atoms with van der Waals surface area (Å²) >= 11 is 23.6. The minimum atomic E-state index is -4.40. The van der Waals surface area contributed by atoms with Gasteiger partial charge in [-0.3, -0.25) is 4.90 Å². The Morgan fingerprint density at radius 1 is 1.03 bits per heavy atom. The van der Waals surface area contributed by atoms with Gasteiger partial charge in [-0.25, -0.2) is 4.98 Å². The van der Waals surface area contributed by atoms with Gasteiger partial charge in [-0.1, -0.05) is 46.4 Å². The van der Waals surface area contributed by atoms with Crippen molar-refractivity contribution in [3.05, 3.63) is 56.6 Å². The fraction of sp³-hybridized carbons (Fsp3) is 0.350. The van der Waals surface area contributed by atoms with Crippen LogP contribution >= 0.6 is 46.4 Å². The number of anilines is 1. The van der Waals surface area contributed by atoms with Gasteiger partial charge in [0.1, 0.15) is 29.4 Å². The number of rotatable bonds is 7. The van der Waals surface area contributed by atoms with Crippen LogP contribution in [0, 0.1) is 0 Å². The third-order valence-electron chi connectivity index (χ3n) is 4.62. The lowest BCUT2D eigenvalue weighted by atomic mass is 10.2. The van der Waals surface area contributed by atoms with E-state index in [1.165, 1.54) is 12.1 Å². The molecule has 0 radical (unpaired) electrons. The Morgan fingerprint density at radius 2 is 1.69 bits per heavy atom. The molecule has 0 atom stereocenters. The van der Waals surface area contributed by atoms with E-state index in [1.54, 1.807) is 12.1 Å². The van der Waals surface area contributed by atoms with E-state index >= 15 is 0 Å². The number of pyridine rings is 1. The van der Waals surface area contributed by atoms with Crippen molar-refractivity contribution in [2.75, 3.05) is 44.4 Å². The maximum Gasteiger partial charge on any atom is 0.417 e. The maximum atomic E-state index is 12.7. The number of ether oxygens (including phenoxy) is 2. The predicted molar refractivity (Wildman–Crippen MR) is 120 cm³/mol. The normalized spacial score (nSPS) is 14.9. The van der Waals surface area contributed by atoms with Gasteiger partial charge in [0, 0.05) is 44.5 Å². The Kier molecular flexibility index (Phi) is 8.63. The molecule has 0 bridgehead atoms. The summed E-state index contributed by atoms with van der Waals surface area (Å²) in [6.07, 6.45) is -2.07. The smallest absolute Gasteiger partial charge is 0.417 e. The molecule has 174 valence electrons. The quantitative estimate of drug-likeness (QED) is 0.422. The van der Waals surface area contributed by atoms with E-state index in [0.717, 1.165) is 12.3 Å². The van der Waals surface area contributed by atoms with Crippen molar-refractivity contribution >= 4 is 52.2 Å². The molecule has 1 saturated heterocycles. The molecule has 2 heterocycles. The minimum absolute atomic E-state index is 0.0938. The van der Waals surface area contributed by atoms with E-state index in [0.29, 0.717) is 53.5 Å². The first kappa shape index (κ1) is 25.1. The first-order chi connectivity index (χ1) is 15.1. The zero-order valence-electron chi connectivity index (χ0n) is 16.5. The molecule has 1 aromatic carbocycles. The summed E-state index contributed by atoms with van der Waals surface area (Å²) in [7, 11) is 0. The molecule has 0 aliphatic carbocycles. The van der Waals surface area contributed by atoms with Gasteiger partial charge >= 0.3 is 6.18 Å². The molecule has 5 nitrogen and oxygen atoms in total. The van der Waals surface area contributed by atoms with Crippen LogP contribution in [0.15, 0.2) is 41.0 Å². The van der Waals surface area contributed by atoms with Crippen LogP contribution in [-0.2, 0) is 6.18 Å². The Hall–Kier alpha value is -1.58. The molecule has 1 fully saturated rings. The zero-order chi connectivity index (χ0) is 23.3. The summed E-state index contributed by atoms with van der Waals surface area (Å²) in [5.74, 6) is 1.28. The van der Waals surface area contributed by atoms with Crippen LogP contribution in [0.3, 0.4) is 0 Å². The second-order valence-corrected chi connectivity index (χ2v) is 8.62. The van der Waals surface area contributed by atoms with Gasteiger partial charge in [0.05, 0.1) is 15.6 Å². The highest BCUT2D eigenvalue weighted by atomic mass is 35.5. The van der Waals surface area contributed by atoms with Crippen LogP contribution in [0.4, 0.5) is 19.0 Å². The largest absolute Gasteiger partial charge is 0.489 e. The van der Waals surface area contributed by atoms with Gasteiger partial charge in [0.15, 0.2) is 5.75 Å². The molecule has 1 aromatic heterocycles. The summed E-state index contributed by atoms with van der Waals surface area (Å²) in [4.78, 5) is 7.89. The fourth-order valence-electron chi connectivity index (χ4n) is 2.96. The van der Waals surface area contributed by atoms with Crippen LogP contribution in [-0.4, -0.2) is 49.4 Å². The van der Waals surface area contributed by atoms with Gasteiger partial charge in [-0.2, -0.15) is 13.2 Å². The lowest BCUT2D eigenvalue weighted by molar-refractivity contribution is -0.137. The molecular weight excluding hydrogens is 513 g/mol. The second kappa shape index (κ2) is 11.0. The third-order valence-corrected chi connectivity index (χ3v) is 5.49. The van der Waals surface area contributed by atoms with Gasteiger partial charge in [-0.05, 0) is 18.2 Å². The minimum Gasteiger partial charge on any atom is -0.489 e. The van der Waals surface area contributed by atoms with Crippen LogP contribution in [0.2, 0.25) is 10.0 Å². The van der Waals surface area contributed by atoms with E-state index < -0.39 is 11.7 Å². The average molecular weight is 531 g/mol. The van der Waals surface area contributed by atoms with E-state index in [-0.39, 0.29) is 17.8 Å². The van der Waals surface area contributed by atoms with E-state index in [1.807, 2.05) is 9.80 Å². The lowest BCUT2D eigenvalue weighted by Crippen LogP contribution is -2.47. The van der Waals surface area contributed by atoms with E-state index in [2.05, 4.69) is 4.98 Å². The molecule has 0 N–H and O–H groups in total. The number of benzene rings is 1. The molecular formula is C20H18Cl4F3N3O2. The lowest BCUT2D eigenvalue weighted by Gasteiger charge is -2.35. The molecule has 3 rings (SSSR count). The van der Waals surface area contributed by atoms with Crippen molar-refractivity contribution in [2.45, 2.75) is 6.18 Å². The molecule has 32 heavy (non-hydrogen) atoms. The molecule has 2 aromatic rings. The van der Waals surface area contributed by atoms with Gasteiger partial charge < -0.3 is 14.4 Å². The maximum absolute atomic E-state index is 12.7. The molecule has 0 saturated carbocycles. The SMILES string of the molecule is FC(F)(F)c1ccc(N2CCN(COc3c(Cl)cc(OCC=C(Cl)Cl)cc3Cl)CC2)nc1.